The molecule has 3 amide bonds. The van der Waals surface area contributed by atoms with Crippen LogP contribution in [0.2, 0.25) is 0 Å². The molecule has 2 aliphatic heterocycles. The van der Waals surface area contributed by atoms with E-state index in [4.69, 9.17) is 0 Å². The van der Waals surface area contributed by atoms with Crippen LogP contribution in [-0.4, -0.2) is 29.1 Å². The van der Waals surface area contributed by atoms with Gasteiger partial charge in [-0.3, -0.25) is 9.69 Å². The van der Waals surface area contributed by atoms with Gasteiger partial charge in [-0.2, -0.15) is 0 Å². The zero-order chi connectivity index (χ0) is 23.2. The molecule has 1 atom stereocenters. The van der Waals surface area contributed by atoms with E-state index in [1.807, 2.05) is 25.1 Å². The zero-order valence-corrected chi connectivity index (χ0v) is 18.7. The molecule has 33 heavy (non-hydrogen) atoms. The van der Waals surface area contributed by atoms with Crippen LogP contribution in [-0.2, 0) is 16.2 Å². The van der Waals surface area contributed by atoms with E-state index in [1.54, 1.807) is 29.2 Å². The van der Waals surface area contributed by atoms with Crippen LogP contribution in [0.4, 0.5) is 25.0 Å². The monoisotopic (exact) mass is 465 g/mol. The van der Waals surface area contributed by atoms with Crippen LogP contribution < -0.4 is 10.2 Å². The molecule has 5 rings (SSSR count). The van der Waals surface area contributed by atoms with Gasteiger partial charge in [0.05, 0.1) is 17.9 Å². The largest absolute Gasteiger partial charge is 0.323 e. The SMILES string of the molecule is Cc1ccc2c(c1)[C@@]1(SCCN1C(=O)Nc1ccccc1F)C(=O)N2Cc1ccc(F)cc1. The van der Waals surface area contributed by atoms with E-state index in [2.05, 4.69) is 5.32 Å². The minimum Gasteiger partial charge on any atom is -0.305 e. The standard InChI is InChI=1S/C25H21F2N3O2S/c1-16-6-11-22-19(14-16)25(23(31)29(22)15-17-7-9-18(26)10-8-17)30(12-13-33-25)24(32)28-21-5-3-2-4-20(21)27/h2-11,14H,12-13,15H2,1H3,(H,28,32)/t25-/m1/s1. The van der Waals surface area contributed by atoms with E-state index in [-0.39, 0.29) is 24.0 Å². The summed E-state index contributed by atoms with van der Waals surface area (Å²) in [5, 5.41) is 2.63. The van der Waals surface area contributed by atoms with Gasteiger partial charge in [-0.1, -0.05) is 42.0 Å². The minimum absolute atomic E-state index is 0.0626. The van der Waals surface area contributed by atoms with E-state index >= 15 is 0 Å². The van der Waals surface area contributed by atoms with Gasteiger partial charge < -0.3 is 10.2 Å². The van der Waals surface area contributed by atoms with E-state index in [0.29, 0.717) is 18.0 Å². The van der Waals surface area contributed by atoms with Crippen LogP contribution in [0.25, 0.3) is 0 Å². The number of urea groups is 1. The first-order valence-electron chi connectivity index (χ1n) is 10.5. The number of carbonyl (C=O) groups is 2. The summed E-state index contributed by atoms with van der Waals surface area (Å²) in [5.41, 5.74) is 3.26. The lowest BCUT2D eigenvalue weighted by atomic mass is 10.0. The van der Waals surface area contributed by atoms with Crippen LogP contribution in [0.15, 0.2) is 66.7 Å². The van der Waals surface area contributed by atoms with Crippen molar-refractivity contribution in [3.8, 4) is 0 Å². The molecule has 8 heteroatoms. The van der Waals surface area contributed by atoms with Crippen molar-refractivity contribution in [1.29, 1.82) is 0 Å². The van der Waals surface area contributed by atoms with Crippen LogP contribution in [0.3, 0.4) is 0 Å². The number of anilines is 2. The Morgan fingerprint density at radius 2 is 1.85 bits per heavy atom. The highest BCUT2D eigenvalue weighted by molar-refractivity contribution is 8.01. The molecule has 0 unspecified atom stereocenters. The second-order valence-corrected chi connectivity index (χ2v) is 9.38. The first kappa shape index (κ1) is 21.5. The molecule has 2 heterocycles. The second kappa shape index (κ2) is 8.19. The molecular weight excluding hydrogens is 444 g/mol. The molecule has 0 bridgehead atoms. The summed E-state index contributed by atoms with van der Waals surface area (Å²) in [5.74, 6) is -0.563. The van der Waals surface area contributed by atoms with Gasteiger partial charge in [-0.25, -0.2) is 13.6 Å². The Balaban J connectivity index is 1.54. The van der Waals surface area contributed by atoms with Gasteiger partial charge in [-0.15, -0.1) is 11.8 Å². The third-order valence-corrected chi connectivity index (χ3v) is 7.38. The number of fused-ring (bicyclic) bond motifs is 2. The summed E-state index contributed by atoms with van der Waals surface area (Å²) in [4.78, 5) is 29.1. The number of hydrogen-bond donors (Lipinski definition) is 1. The lowest BCUT2D eigenvalue weighted by molar-refractivity contribution is -0.123. The lowest BCUT2D eigenvalue weighted by Crippen LogP contribution is -2.51. The number of thioether (sulfide) groups is 1. The van der Waals surface area contributed by atoms with Gasteiger partial charge in [-0.05, 0) is 42.8 Å². The average Bonchev–Trinajstić information content (AvgIpc) is 3.34. The lowest BCUT2D eigenvalue weighted by Gasteiger charge is -2.33. The maximum Gasteiger partial charge on any atom is 0.323 e. The Morgan fingerprint density at radius 3 is 2.61 bits per heavy atom. The zero-order valence-electron chi connectivity index (χ0n) is 17.8. The number of para-hydroxylation sites is 1. The number of aryl methyl sites for hydroxylation is 1. The molecular formula is C25H21F2N3O2S. The number of benzene rings is 3. The Labute approximate surface area is 194 Å². The fourth-order valence-electron chi connectivity index (χ4n) is 4.40. The maximum absolute atomic E-state index is 14.2. The van der Waals surface area contributed by atoms with Gasteiger partial charge >= 0.3 is 6.03 Å². The van der Waals surface area contributed by atoms with Gasteiger partial charge in [0.2, 0.25) is 0 Å². The van der Waals surface area contributed by atoms with Gasteiger partial charge in [0.25, 0.3) is 5.91 Å². The van der Waals surface area contributed by atoms with Crippen molar-refractivity contribution in [2.45, 2.75) is 18.3 Å². The number of nitrogens with one attached hydrogen (secondary N) is 1. The van der Waals surface area contributed by atoms with E-state index in [9.17, 15) is 18.4 Å². The summed E-state index contributed by atoms with van der Waals surface area (Å²) >= 11 is 1.40. The van der Waals surface area contributed by atoms with Crippen molar-refractivity contribution in [2.24, 2.45) is 0 Å². The van der Waals surface area contributed by atoms with Crippen LogP contribution in [0.1, 0.15) is 16.7 Å². The fourth-order valence-corrected chi connectivity index (χ4v) is 5.86. The third kappa shape index (κ3) is 3.54. The summed E-state index contributed by atoms with van der Waals surface area (Å²) < 4.78 is 27.6. The Kier molecular flexibility index (Phi) is 5.32. The van der Waals surface area contributed by atoms with Crippen molar-refractivity contribution in [3.05, 3.63) is 95.1 Å². The summed E-state index contributed by atoms with van der Waals surface area (Å²) in [6.07, 6.45) is 0. The molecule has 0 aliphatic carbocycles. The molecule has 1 fully saturated rings. The average molecular weight is 466 g/mol. The third-order valence-electron chi connectivity index (χ3n) is 5.96. The predicted molar refractivity (Wildman–Crippen MR) is 125 cm³/mol. The van der Waals surface area contributed by atoms with Gasteiger partial charge in [0.1, 0.15) is 11.6 Å². The van der Waals surface area contributed by atoms with Gasteiger partial charge in [0.15, 0.2) is 4.87 Å². The highest BCUT2D eigenvalue weighted by atomic mass is 32.2. The van der Waals surface area contributed by atoms with Crippen molar-refractivity contribution in [2.75, 3.05) is 22.5 Å². The molecule has 0 radical (unpaired) electrons. The molecule has 1 N–H and O–H groups in total. The van der Waals surface area contributed by atoms with Crippen molar-refractivity contribution in [1.82, 2.24) is 4.90 Å². The van der Waals surface area contributed by atoms with E-state index in [0.717, 1.165) is 16.7 Å². The number of amides is 3. The molecule has 5 nitrogen and oxygen atoms in total. The van der Waals surface area contributed by atoms with Crippen molar-refractivity contribution in [3.63, 3.8) is 0 Å². The molecule has 0 saturated carbocycles. The van der Waals surface area contributed by atoms with Crippen LogP contribution >= 0.6 is 11.8 Å². The minimum atomic E-state index is -1.24. The van der Waals surface area contributed by atoms with Crippen molar-refractivity contribution < 1.29 is 18.4 Å². The molecule has 3 aromatic rings. The number of nitrogens with zero attached hydrogens (tertiary/aromatic N) is 2. The Hall–Kier alpha value is -3.39. The Morgan fingerprint density at radius 1 is 1.09 bits per heavy atom. The van der Waals surface area contributed by atoms with E-state index in [1.165, 1.54) is 40.9 Å². The quantitative estimate of drug-likeness (QED) is 0.575. The molecule has 0 aromatic heterocycles. The number of rotatable bonds is 3. The first-order valence-corrected chi connectivity index (χ1v) is 11.5. The number of halogens is 2. The maximum atomic E-state index is 14.2. The number of carbonyl (C=O) groups excluding carboxylic acids is 2. The molecule has 2 aliphatic rings. The predicted octanol–water partition coefficient (Wildman–Crippen LogP) is 5.25. The first-order chi connectivity index (χ1) is 15.9. The van der Waals surface area contributed by atoms with E-state index < -0.39 is 16.7 Å². The second-order valence-electron chi connectivity index (χ2n) is 8.09. The van der Waals surface area contributed by atoms with Crippen molar-refractivity contribution >= 4 is 35.1 Å². The summed E-state index contributed by atoms with van der Waals surface area (Å²) in [6, 6.07) is 17.2. The molecule has 168 valence electrons. The Bertz CT molecular complexity index is 1250. The summed E-state index contributed by atoms with van der Waals surface area (Å²) in [7, 11) is 0. The highest BCUT2D eigenvalue weighted by Crippen LogP contribution is 2.54. The normalized spacial score (nSPS) is 19.3. The van der Waals surface area contributed by atoms with Crippen LogP contribution in [0, 0.1) is 18.6 Å². The molecule has 1 saturated heterocycles. The fraction of sp³-hybridized carbons (Fsp3) is 0.200. The highest BCUT2D eigenvalue weighted by Gasteiger charge is 2.59. The van der Waals surface area contributed by atoms with Gasteiger partial charge in [0, 0.05) is 17.9 Å². The number of hydrogen-bond acceptors (Lipinski definition) is 3. The smallest absolute Gasteiger partial charge is 0.305 e. The molecule has 3 aromatic carbocycles. The van der Waals surface area contributed by atoms with Crippen LogP contribution in [0.5, 0.6) is 0 Å². The molecule has 1 spiro atoms. The summed E-state index contributed by atoms with van der Waals surface area (Å²) in [6.45, 7) is 2.53. The topological polar surface area (TPSA) is 52.7 Å².